The summed E-state index contributed by atoms with van der Waals surface area (Å²) in [6, 6.07) is -0.133. The van der Waals surface area contributed by atoms with Gasteiger partial charge in [-0.2, -0.15) is 0 Å². The predicted octanol–water partition coefficient (Wildman–Crippen LogP) is 1.73. The van der Waals surface area contributed by atoms with Gasteiger partial charge in [0.15, 0.2) is 0 Å². The van der Waals surface area contributed by atoms with Crippen LogP contribution in [-0.4, -0.2) is 52.5 Å². The highest BCUT2D eigenvalue weighted by molar-refractivity contribution is 5.75. The van der Waals surface area contributed by atoms with Crippen LogP contribution in [0.5, 0.6) is 0 Å². The quantitative estimate of drug-likeness (QED) is 0.695. The number of hydrogen-bond acceptors (Lipinski definition) is 3. The lowest BCUT2D eigenvalue weighted by Crippen LogP contribution is -2.48. The first-order chi connectivity index (χ1) is 10.0. The molecule has 0 unspecified atom stereocenters. The van der Waals surface area contributed by atoms with Crippen LogP contribution in [0.1, 0.15) is 52.4 Å². The molecular formula is C16H30N2O3. The van der Waals surface area contributed by atoms with Crippen molar-refractivity contribution in [1.82, 2.24) is 10.2 Å². The van der Waals surface area contributed by atoms with E-state index in [1.54, 1.807) is 4.90 Å². The highest BCUT2D eigenvalue weighted by atomic mass is 16.3. The van der Waals surface area contributed by atoms with Crippen molar-refractivity contribution in [3.05, 3.63) is 0 Å². The van der Waals surface area contributed by atoms with Crippen molar-refractivity contribution in [1.29, 1.82) is 0 Å². The summed E-state index contributed by atoms with van der Waals surface area (Å²) in [5.74, 6) is 1.48. The van der Waals surface area contributed by atoms with Crippen LogP contribution in [0, 0.1) is 11.8 Å². The minimum absolute atomic E-state index is 0.0788. The second-order valence-corrected chi connectivity index (χ2v) is 7.04. The van der Waals surface area contributed by atoms with Gasteiger partial charge in [-0.05, 0) is 37.5 Å². The maximum atomic E-state index is 12.3. The van der Waals surface area contributed by atoms with E-state index in [1.165, 1.54) is 19.3 Å². The Morgan fingerprint density at radius 2 is 2.05 bits per heavy atom. The molecule has 0 aromatic heterocycles. The minimum atomic E-state index is -0.507. The fraction of sp³-hybridized carbons (Fsp3) is 0.938. The number of aliphatic hydroxyl groups is 2. The molecule has 1 saturated heterocycles. The first-order valence-corrected chi connectivity index (χ1v) is 8.37. The van der Waals surface area contributed by atoms with E-state index in [0.29, 0.717) is 18.9 Å². The maximum Gasteiger partial charge on any atom is 0.318 e. The molecule has 2 fully saturated rings. The maximum absolute atomic E-state index is 12.3. The molecule has 0 bridgehead atoms. The average molecular weight is 298 g/mol. The molecular weight excluding hydrogens is 268 g/mol. The Kier molecular flexibility index (Phi) is 5.88. The van der Waals surface area contributed by atoms with E-state index in [0.717, 1.165) is 18.8 Å². The van der Waals surface area contributed by atoms with Gasteiger partial charge in [-0.3, -0.25) is 0 Å². The van der Waals surface area contributed by atoms with Gasteiger partial charge in [0.25, 0.3) is 0 Å². The molecule has 1 saturated carbocycles. The van der Waals surface area contributed by atoms with Crippen LogP contribution >= 0.6 is 0 Å². The number of aliphatic hydroxyl groups excluding tert-OH is 2. The highest BCUT2D eigenvalue weighted by Crippen LogP contribution is 2.29. The van der Waals surface area contributed by atoms with Crippen LogP contribution in [0.2, 0.25) is 0 Å². The molecule has 3 N–H and O–H groups in total. The van der Waals surface area contributed by atoms with Crippen LogP contribution in [0.3, 0.4) is 0 Å². The minimum Gasteiger partial charge on any atom is -0.394 e. The second kappa shape index (κ2) is 7.45. The van der Waals surface area contributed by atoms with Crippen molar-refractivity contribution < 1.29 is 15.0 Å². The number of rotatable bonds is 3. The summed E-state index contributed by atoms with van der Waals surface area (Å²) in [6.07, 6.45) is 5.64. The fourth-order valence-electron chi connectivity index (χ4n) is 3.71. The summed E-state index contributed by atoms with van der Waals surface area (Å²) >= 11 is 0. The van der Waals surface area contributed by atoms with Gasteiger partial charge < -0.3 is 20.4 Å². The number of likely N-dealkylation sites (tertiary alicyclic amines) is 1. The number of nitrogens with one attached hydrogen (secondary N) is 1. The zero-order chi connectivity index (χ0) is 15.4. The summed E-state index contributed by atoms with van der Waals surface area (Å²) < 4.78 is 0. The molecule has 5 heteroatoms. The van der Waals surface area contributed by atoms with Crippen LogP contribution in [0.4, 0.5) is 4.79 Å². The lowest BCUT2D eigenvalue weighted by Gasteiger charge is -2.26. The van der Waals surface area contributed by atoms with Gasteiger partial charge in [0.1, 0.15) is 0 Å². The Bertz CT molecular complexity index is 348. The third kappa shape index (κ3) is 4.33. The lowest BCUT2D eigenvalue weighted by atomic mass is 9.89. The molecule has 2 amide bonds. The van der Waals surface area contributed by atoms with E-state index in [4.69, 9.17) is 0 Å². The molecule has 1 aliphatic carbocycles. The van der Waals surface area contributed by atoms with E-state index in [9.17, 15) is 15.0 Å². The van der Waals surface area contributed by atoms with E-state index in [-0.39, 0.29) is 24.7 Å². The van der Waals surface area contributed by atoms with Crippen molar-refractivity contribution in [3.8, 4) is 0 Å². The lowest BCUT2D eigenvalue weighted by molar-refractivity contribution is 0.151. The summed E-state index contributed by atoms with van der Waals surface area (Å²) in [4.78, 5) is 13.9. The molecule has 122 valence electrons. The summed E-state index contributed by atoms with van der Waals surface area (Å²) in [5, 5.41) is 22.1. The van der Waals surface area contributed by atoms with Gasteiger partial charge >= 0.3 is 6.03 Å². The van der Waals surface area contributed by atoms with Crippen LogP contribution in [-0.2, 0) is 0 Å². The number of nitrogens with zero attached hydrogens (tertiary/aromatic N) is 1. The third-order valence-electron chi connectivity index (χ3n) is 5.15. The molecule has 0 radical (unpaired) electrons. The van der Waals surface area contributed by atoms with Crippen LogP contribution in [0.15, 0.2) is 0 Å². The Morgan fingerprint density at radius 3 is 2.71 bits per heavy atom. The number of carbonyl (C=O) groups is 1. The SMILES string of the molecule is CC(C)[C@@H]1CCC[C@H](NC(=O)N2C[C@@H](O)C[C@H]2CO)CC1. The third-order valence-corrected chi connectivity index (χ3v) is 5.15. The van der Waals surface area contributed by atoms with Crippen molar-refractivity contribution >= 4 is 6.03 Å². The molecule has 1 heterocycles. The zero-order valence-electron chi connectivity index (χ0n) is 13.3. The number of carbonyl (C=O) groups excluding carboxylic acids is 1. The van der Waals surface area contributed by atoms with Gasteiger partial charge in [0.2, 0.25) is 0 Å². The summed E-state index contributed by atoms with van der Waals surface area (Å²) in [6.45, 7) is 4.81. The Balaban J connectivity index is 1.85. The summed E-state index contributed by atoms with van der Waals surface area (Å²) in [5.41, 5.74) is 0. The van der Waals surface area contributed by atoms with Crippen molar-refractivity contribution in [2.24, 2.45) is 11.8 Å². The molecule has 21 heavy (non-hydrogen) atoms. The van der Waals surface area contributed by atoms with Gasteiger partial charge in [-0.15, -0.1) is 0 Å². The molecule has 0 aromatic carbocycles. The van der Waals surface area contributed by atoms with Crippen molar-refractivity contribution in [2.45, 2.75) is 70.6 Å². The van der Waals surface area contributed by atoms with Gasteiger partial charge in [-0.1, -0.05) is 26.7 Å². The van der Waals surface area contributed by atoms with E-state index in [2.05, 4.69) is 19.2 Å². The molecule has 4 atom stereocenters. The number of β-amino-alcohol motifs (C(OH)–C–C–N with tert-alkyl or cyclic N) is 1. The largest absolute Gasteiger partial charge is 0.394 e. The Labute approximate surface area is 127 Å². The Morgan fingerprint density at radius 1 is 1.29 bits per heavy atom. The van der Waals surface area contributed by atoms with Crippen molar-refractivity contribution in [2.75, 3.05) is 13.2 Å². The van der Waals surface area contributed by atoms with Crippen molar-refractivity contribution in [3.63, 3.8) is 0 Å². The van der Waals surface area contributed by atoms with E-state index < -0.39 is 6.10 Å². The van der Waals surface area contributed by atoms with E-state index >= 15 is 0 Å². The van der Waals surface area contributed by atoms with Gasteiger partial charge in [-0.25, -0.2) is 4.79 Å². The second-order valence-electron chi connectivity index (χ2n) is 7.04. The first kappa shape index (κ1) is 16.6. The molecule has 0 spiro atoms. The van der Waals surface area contributed by atoms with Gasteiger partial charge in [0, 0.05) is 12.6 Å². The van der Waals surface area contributed by atoms with Crippen LogP contribution in [0.25, 0.3) is 0 Å². The zero-order valence-corrected chi connectivity index (χ0v) is 13.3. The number of amides is 2. The predicted molar refractivity (Wildman–Crippen MR) is 81.9 cm³/mol. The first-order valence-electron chi connectivity index (χ1n) is 8.37. The fourth-order valence-corrected chi connectivity index (χ4v) is 3.71. The standard InChI is InChI=1S/C16H30N2O3/c1-11(2)12-4-3-5-13(7-6-12)17-16(21)18-9-15(20)8-14(18)10-19/h11-15,19-20H,3-10H2,1-2H3,(H,17,21)/t12-,13+,14+,15+/m1/s1. The normalized spacial score (nSPS) is 34.0. The Hall–Kier alpha value is -0.810. The van der Waals surface area contributed by atoms with Crippen LogP contribution < -0.4 is 5.32 Å². The molecule has 1 aliphatic heterocycles. The molecule has 2 rings (SSSR count). The molecule has 5 nitrogen and oxygen atoms in total. The highest BCUT2D eigenvalue weighted by Gasteiger charge is 2.34. The average Bonchev–Trinajstić information content (AvgIpc) is 2.67. The molecule has 2 aliphatic rings. The van der Waals surface area contributed by atoms with Gasteiger partial charge in [0.05, 0.1) is 18.8 Å². The van der Waals surface area contributed by atoms with E-state index in [1.807, 2.05) is 0 Å². The number of urea groups is 1. The smallest absolute Gasteiger partial charge is 0.318 e. The number of hydrogen-bond donors (Lipinski definition) is 3. The monoisotopic (exact) mass is 298 g/mol. The summed E-state index contributed by atoms with van der Waals surface area (Å²) in [7, 11) is 0. The molecule has 0 aromatic rings. The topological polar surface area (TPSA) is 72.8 Å².